The van der Waals surface area contributed by atoms with E-state index in [0.29, 0.717) is 11.6 Å². The maximum atomic E-state index is 12.0. The number of anilines is 2. The van der Waals surface area contributed by atoms with Gasteiger partial charge in [-0.1, -0.05) is 36.4 Å². The van der Waals surface area contributed by atoms with E-state index in [1.54, 1.807) is 12.3 Å². The number of urea groups is 1. The van der Waals surface area contributed by atoms with Crippen LogP contribution in [-0.4, -0.2) is 16.0 Å². The Balaban J connectivity index is 1.68. The molecule has 4 N–H and O–H groups in total. The first-order valence-electron chi connectivity index (χ1n) is 6.82. The van der Waals surface area contributed by atoms with Crippen molar-refractivity contribution in [3.63, 3.8) is 0 Å². The molecule has 110 valence electrons. The van der Waals surface area contributed by atoms with Crippen LogP contribution in [-0.2, 0) is 6.54 Å². The van der Waals surface area contributed by atoms with Crippen LogP contribution in [0.5, 0.6) is 0 Å². The Morgan fingerprint density at radius 3 is 2.77 bits per heavy atom. The zero-order chi connectivity index (χ0) is 15.4. The lowest BCUT2D eigenvalue weighted by atomic mass is 10.1. The van der Waals surface area contributed by atoms with Gasteiger partial charge in [-0.25, -0.2) is 14.8 Å². The van der Waals surface area contributed by atoms with E-state index in [1.807, 2.05) is 42.5 Å². The molecular formula is C16H15N5O. The van der Waals surface area contributed by atoms with Crippen LogP contribution in [0.15, 0.2) is 54.7 Å². The average Bonchev–Trinajstić information content (AvgIpc) is 2.53. The van der Waals surface area contributed by atoms with Gasteiger partial charge in [0.15, 0.2) is 0 Å². The second-order valence-corrected chi connectivity index (χ2v) is 4.73. The lowest BCUT2D eigenvalue weighted by molar-refractivity contribution is 0.251. The van der Waals surface area contributed by atoms with Gasteiger partial charge >= 0.3 is 6.03 Å². The van der Waals surface area contributed by atoms with Crippen molar-refractivity contribution < 1.29 is 4.79 Å². The molecule has 0 aliphatic rings. The first kappa shape index (κ1) is 13.8. The predicted molar refractivity (Wildman–Crippen MR) is 86.3 cm³/mol. The molecule has 1 aromatic heterocycles. The van der Waals surface area contributed by atoms with Crippen LogP contribution in [0.25, 0.3) is 10.8 Å². The number of rotatable bonds is 3. The van der Waals surface area contributed by atoms with E-state index in [4.69, 9.17) is 5.73 Å². The molecule has 2 amide bonds. The number of carbonyl (C=O) groups excluding carboxylic acids is 1. The second-order valence-electron chi connectivity index (χ2n) is 4.73. The molecule has 0 aliphatic carbocycles. The average molecular weight is 293 g/mol. The van der Waals surface area contributed by atoms with Gasteiger partial charge in [-0.15, -0.1) is 0 Å². The summed E-state index contributed by atoms with van der Waals surface area (Å²) in [7, 11) is 0. The third kappa shape index (κ3) is 3.12. The summed E-state index contributed by atoms with van der Waals surface area (Å²) in [5, 5.41) is 7.60. The van der Waals surface area contributed by atoms with E-state index in [-0.39, 0.29) is 12.6 Å². The number of hydrogen-bond acceptors (Lipinski definition) is 4. The van der Waals surface area contributed by atoms with Gasteiger partial charge in [0, 0.05) is 11.6 Å². The predicted octanol–water partition coefficient (Wildman–Crippen LogP) is 2.53. The molecule has 3 aromatic rings. The van der Waals surface area contributed by atoms with Gasteiger partial charge in [-0.05, 0) is 17.5 Å². The van der Waals surface area contributed by atoms with E-state index in [0.717, 1.165) is 16.5 Å². The highest BCUT2D eigenvalue weighted by molar-refractivity contribution is 6.01. The molecule has 6 heteroatoms. The number of hydrogen-bond donors (Lipinski definition) is 3. The highest BCUT2D eigenvalue weighted by Crippen LogP contribution is 2.22. The fraction of sp³-hybridized carbons (Fsp3) is 0.0625. The van der Waals surface area contributed by atoms with Crippen molar-refractivity contribution in [2.24, 2.45) is 0 Å². The summed E-state index contributed by atoms with van der Waals surface area (Å²) < 4.78 is 0. The van der Waals surface area contributed by atoms with E-state index >= 15 is 0 Å². The van der Waals surface area contributed by atoms with Crippen molar-refractivity contribution >= 4 is 28.3 Å². The summed E-state index contributed by atoms with van der Waals surface area (Å²) in [5.41, 5.74) is 6.33. The summed E-state index contributed by atoms with van der Waals surface area (Å²) in [6, 6.07) is 14.9. The van der Waals surface area contributed by atoms with Crippen LogP contribution in [0.2, 0.25) is 0 Å². The molecule has 0 bridgehead atoms. The lowest BCUT2D eigenvalue weighted by Gasteiger charge is -2.09. The minimum Gasteiger partial charge on any atom is -0.384 e. The molecule has 2 aromatic carbocycles. The van der Waals surface area contributed by atoms with Crippen molar-refractivity contribution in [3.8, 4) is 0 Å². The van der Waals surface area contributed by atoms with Crippen molar-refractivity contribution in [2.45, 2.75) is 6.54 Å². The molecule has 0 fully saturated rings. The largest absolute Gasteiger partial charge is 0.384 e. The Morgan fingerprint density at radius 1 is 1.09 bits per heavy atom. The molecule has 0 atom stereocenters. The summed E-state index contributed by atoms with van der Waals surface area (Å²) in [5.74, 6) is 0.842. The summed E-state index contributed by atoms with van der Waals surface area (Å²) >= 11 is 0. The quantitative estimate of drug-likeness (QED) is 0.691. The molecule has 0 aliphatic heterocycles. The highest BCUT2D eigenvalue weighted by atomic mass is 16.2. The number of amides is 2. The number of nitrogens with one attached hydrogen (secondary N) is 2. The van der Waals surface area contributed by atoms with E-state index in [1.165, 1.54) is 0 Å². The fourth-order valence-electron chi connectivity index (χ4n) is 2.16. The lowest BCUT2D eigenvalue weighted by Crippen LogP contribution is -2.29. The van der Waals surface area contributed by atoms with Gasteiger partial charge < -0.3 is 16.4 Å². The smallest absolute Gasteiger partial charge is 0.319 e. The van der Waals surface area contributed by atoms with Gasteiger partial charge in [0.05, 0.1) is 12.2 Å². The molecule has 0 spiro atoms. The summed E-state index contributed by atoms with van der Waals surface area (Å²) in [4.78, 5) is 20.1. The number of nitrogens with zero attached hydrogens (tertiary/aromatic N) is 2. The molecule has 3 rings (SSSR count). The molecule has 0 radical (unpaired) electrons. The zero-order valence-corrected chi connectivity index (χ0v) is 11.8. The SMILES string of the molecule is Nc1ccnc(CNC(=O)Nc2cccc3ccccc23)n1. The van der Waals surface area contributed by atoms with Gasteiger partial charge in [0.2, 0.25) is 0 Å². The van der Waals surface area contributed by atoms with Crippen molar-refractivity contribution in [3.05, 3.63) is 60.6 Å². The van der Waals surface area contributed by atoms with Gasteiger partial charge in [0.1, 0.15) is 11.6 Å². The molecule has 0 saturated carbocycles. The van der Waals surface area contributed by atoms with Crippen LogP contribution in [0.1, 0.15) is 5.82 Å². The van der Waals surface area contributed by atoms with Crippen LogP contribution in [0.4, 0.5) is 16.3 Å². The minimum absolute atomic E-state index is 0.210. The number of carbonyl (C=O) groups is 1. The maximum absolute atomic E-state index is 12.0. The zero-order valence-electron chi connectivity index (χ0n) is 11.8. The monoisotopic (exact) mass is 293 g/mol. The molecule has 1 heterocycles. The Labute approximate surface area is 127 Å². The Kier molecular flexibility index (Phi) is 3.82. The summed E-state index contributed by atoms with van der Waals surface area (Å²) in [6.45, 7) is 0.210. The second kappa shape index (κ2) is 6.09. The Bertz CT molecular complexity index is 813. The minimum atomic E-state index is -0.317. The number of nitrogen functional groups attached to an aromatic ring is 1. The standard InChI is InChI=1S/C16H15N5O/c17-14-8-9-18-15(21-14)10-19-16(22)20-13-7-3-5-11-4-1-2-6-12(11)13/h1-9H,10H2,(H2,17,18,21)(H2,19,20,22). The fourth-order valence-corrected chi connectivity index (χ4v) is 2.16. The molecule has 0 saturated heterocycles. The number of nitrogens with two attached hydrogens (primary N) is 1. The molecule has 22 heavy (non-hydrogen) atoms. The first-order chi connectivity index (χ1) is 10.7. The van der Waals surface area contributed by atoms with Crippen LogP contribution in [0, 0.1) is 0 Å². The van der Waals surface area contributed by atoms with Crippen molar-refractivity contribution in [1.29, 1.82) is 0 Å². The normalized spacial score (nSPS) is 10.4. The van der Waals surface area contributed by atoms with Crippen LogP contribution < -0.4 is 16.4 Å². The molecular weight excluding hydrogens is 278 g/mol. The van der Waals surface area contributed by atoms with Gasteiger partial charge in [-0.2, -0.15) is 0 Å². The molecule has 0 unspecified atom stereocenters. The number of aromatic nitrogens is 2. The number of benzene rings is 2. The summed E-state index contributed by atoms with van der Waals surface area (Å²) in [6.07, 6.45) is 1.56. The third-order valence-electron chi connectivity index (χ3n) is 3.17. The molecule has 6 nitrogen and oxygen atoms in total. The van der Waals surface area contributed by atoms with Crippen molar-refractivity contribution in [1.82, 2.24) is 15.3 Å². The van der Waals surface area contributed by atoms with Gasteiger partial charge in [0.25, 0.3) is 0 Å². The van der Waals surface area contributed by atoms with E-state index < -0.39 is 0 Å². The maximum Gasteiger partial charge on any atom is 0.319 e. The van der Waals surface area contributed by atoms with Crippen LogP contribution in [0.3, 0.4) is 0 Å². The third-order valence-corrected chi connectivity index (χ3v) is 3.17. The number of fused-ring (bicyclic) bond motifs is 1. The van der Waals surface area contributed by atoms with Gasteiger partial charge in [-0.3, -0.25) is 0 Å². The van der Waals surface area contributed by atoms with E-state index in [2.05, 4.69) is 20.6 Å². The topological polar surface area (TPSA) is 92.9 Å². The van der Waals surface area contributed by atoms with Crippen LogP contribution >= 0.6 is 0 Å². The van der Waals surface area contributed by atoms with E-state index in [9.17, 15) is 4.79 Å². The first-order valence-corrected chi connectivity index (χ1v) is 6.82. The highest BCUT2D eigenvalue weighted by Gasteiger charge is 2.06. The Morgan fingerprint density at radius 2 is 1.91 bits per heavy atom. The Hall–Kier alpha value is -3.15. The van der Waals surface area contributed by atoms with Crippen molar-refractivity contribution in [2.75, 3.05) is 11.1 Å².